The van der Waals surface area contributed by atoms with Crippen LogP contribution in [-0.2, 0) is 9.53 Å². The first kappa shape index (κ1) is 22.8. The van der Waals surface area contributed by atoms with Gasteiger partial charge in [0.25, 0.3) is 0 Å². The van der Waals surface area contributed by atoms with Crippen molar-refractivity contribution in [3.8, 4) is 5.69 Å². The Morgan fingerprint density at radius 3 is 2.31 bits per heavy atom. The molecular formula is C28H23N5O3. The number of hydrogen-bond acceptors (Lipinski definition) is 6. The number of anilines is 2. The first-order chi connectivity index (χ1) is 17.5. The summed E-state index contributed by atoms with van der Waals surface area (Å²) in [6, 6.07) is 24.1. The summed E-state index contributed by atoms with van der Waals surface area (Å²) in [4.78, 5) is 34.5. The molecule has 0 saturated carbocycles. The second kappa shape index (κ2) is 9.71. The van der Waals surface area contributed by atoms with Crippen molar-refractivity contribution in [3.63, 3.8) is 0 Å². The van der Waals surface area contributed by atoms with Crippen LogP contribution in [0.3, 0.4) is 0 Å². The van der Waals surface area contributed by atoms with Gasteiger partial charge in [-0.2, -0.15) is 0 Å². The van der Waals surface area contributed by atoms with E-state index in [1.165, 1.54) is 6.08 Å². The number of nitrogens with one attached hydrogen (secondary N) is 1. The van der Waals surface area contributed by atoms with Crippen LogP contribution in [0.4, 0.5) is 11.5 Å². The summed E-state index contributed by atoms with van der Waals surface area (Å²) in [6.45, 7) is 1.94. The Morgan fingerprint density at radius 2 is 1.61 bits per heavy atom. The minimum absolute atomic E-state index is 0.175. The lowest BCUT2D eigenvalue weighted by atomic mass is 10.2. The molecule has 0 bridgehead atoms. The van der Waals surface area contributed by atoms with Crippen LogP contribution in [0.2, 0.25) is 0 Å². The highest BCUT2D eigenvalue weighted by molar-refractivity contribution is 6.09. The summed E-state index contributed by atoms with van der Waals surface area (Å²) in [7, 11) is 0. The van der Waals surface area contributed by atoms with Crippen LogP contribution < -0.4 is 11.1 Å². The molecule has 8 nitrogen and oxygen atoms in total. The van der Waals surface area contributed by atoms with Crippen molar-refractivity contribution in [3.05, 3.63) is 96.1 Å². The topological polar surface area (TPSA) is 112 Å². The third kappa shape index (κ3) is 4.39. The molecule has 5 aromatic rings. The Bertz CT molecular complexity index is 1610. The van der Waals surface area contributed by atoms with Gasteiger partial charge in [0.15, 0.2) is 5.65 Å². The fourth-order valence-electron chi connectivity index (χ4n) is 3.94. The van der Waals surface area contributed by atoms with Crippen LogP contribution in [0.25, 0.3) is 34.0 Å². The van der Waals surface area contributed by atoms with Crippen molar-refractivity contribution < 1.29 is 14.3 Å². The molecule has 5 rings (SSSR count). The van der Waals surface area contributed by atoms with E-state index in [2.05, 4.69) is 10.3 Å². The molecule has 0 unspecified atom stereocenters. The van der Waals surface area contributed by atoms with E-state index in [9.17, 15) is 9.59 Å². The van der Waals surface area contributed by atoms with Gasteiger partial charge in [0.2, 0.25) is 5.91 Å². The van der Waals surface area contributed by atoms with Gasteiger partial charge >= 0.3 is 5.97 Å². The largest absolute Gasteiger partial charge is 0.462 e. The molecule has 2 aromatic heterocycles. The maximum absolute atomic E-state index is 12.8. The van der Waals surface area contributed by atoms with Crippen LogP contribution in [0.1, 0.15) is 22.8 Å². The molecule has 36 heavy (non-hydrogen) atoms. The van der Waals surface area contributed by atoms with Gasteiger partial charge in [0.1, 0.15) is 16.9 Å². The normalized spacial score (nSPS) is 11.2. The van der Waals surface area contributed by atoms with Crippen LogP contribution in [0, 0.1) is 0 Å². The van der Waals surface area contributed by atoms with E-state index in [1.807, 2.05) is 54.6 Å². The lowest BCUT2D eigenvalue weighted by molar-refractivity contribution is -0.111. The fourth-order valence-corrected chi connectivity index (χ4v) is 3.94. The SMILES string of the molecule is CCOC(=O)c1c(N)n(-c2ccc(NC(=O)/C=C/c3ccccc3)cc2)c2nc3ccccc3nc12. The lowest BCUT2D eigenvalue weighted by Crippen LogP contribution is -2.09. The summed E-state index contributed by atoms with van der Waals surface area (Å²) < 4.78 is 6.91. The number of aromatic nitrogens is 3. The summed E-state index contributed by atoms with van der Waals surface area (Å²) in [5, 5.41) is 2.84. The Labute approximate surface area is 207 Å². The average molecular weight is 478 g/mol. The smallest absolute Gasteiger partial charge is 0.344 e. The van der Waals surface area contributed by atoms with Gasteiger partial charge < -0.3 is 15.8 Å². The van der Waals surface area contributed by atoms with E-state index in [1.54, 1.807) is 41.8 Å². The number of para-hydroxylation sites is 2. The fraction of sp³-hybridized carbons (Fsp3) is 0.0714. The molecule has 0 aliphatic heterocycles. The standard InChI is InChI=1S/C28H23N5O3/c1-2-36-28(35)24-25-27(32-22-11-7-6-10-21(22)31-25)33(26(24)29)20-15-13-19(14-16-20)30-23(34)17-12-18-8-4-3-5-9-18/h3-17H,2,29H2,1H3,(H,30,34)/b17-12+. The van der Waals surface area contributed by atoms with E-state index < -0.39 is 5.97 Å². The minimum atomic E-state index is -0.558. The van der Waals surface area contributed by atoms with Gasteiger partial charge in [0.05, 0.1) is 17.6 Å². The molecule has 0 fully saturated rings. The number of fused-ring (bicyclic) bond motifs is 2. The molecule has 0 aliphatic rings. The highest BCUT2D eigenvalue weighted by Crippen LogP contribution is 2.32. The summed E-state index contributed by atoms with van der Waals surface area (Å²) >= 11 is 0. The highest BCUT2D eigenvalue weighted by atomic mass is 16.5. The van der Waals surface area contributed by atoms with Crippen molar-refractivity contribution >= 4 is 51.7 Å². The van der Waals surface area contributed by atoms with E-state index in [0.29, 0.717) is 33.6 Å². The van der Waals surface area contributed by atoms with E-state index >= 15 is 0 Å². The minimum Gasteiger partial charge on any atom is -0.462 e. The first-order valence-corrected chi connectivity index (χ1v) is 11.4. The molecule has 3 aromatic carbocycles. The third-order valence-corrected chi connectivity index (χ3v) is 5.60. The number of nitrogen functional groups attached to an aromatic ring is 1. The summed E-state index contributed by atoms with van der Waals surface area (Å²) in [5.74, 6) is -0.627. The maximum Gasteiger partial charge on any atom is 0.344 e. The van der Waals surface area contributed by atoms with Crippen molar-refractivity contribution in [2.45, 2.75) is 6.92 Å². The molecule has 3 N–H and O–H groups in total. The molecular weight excluding hydrogens is 454 g/mol. The number of amides is 1. The molecule has 2 heterocycles. The maximum atomic E-state index is 12.8. The molecule has 0 saturated heterocycles. The van der Waals surface area contributed by atoms with Crippen molar-refractivity contribution in [1.82, 2.24) is 14.5 Å². The van der Waals surface area contributed by atoms with Gasteiger partial charge in [-0.3, -0.25) is 9.36 Å². The van der Waals surface area contributed by atoms with Crippen LogP contribution in [-0.4, -0.2) is 33.0 Å². The molecule has 0 atom stereocenters. The predicted octanol–water partition coefficient (Wildman–Crippen LogP) is 4.98. The van der Waals surface area contributed by atoms with Crippen LogP contribution in [0.15, 0.2) is 84.9 Å². The third-order valence-electron chi connectivity index (χ3n) is 5.60. The molecule has 0 spiro atoms. The van der Waals surface area contributed by atoms with Crippen molar-refractivity contribution in [2.24, 2.45) is 0 Å². The lowest BCUT2D eigenvalue weighted by Gasteiger charge is -2.09. The number of carbonyl (C=O) groups excluding carboxylic acids is 2. The van der Waals surface area contributed by atoms with E-state index in [4.69, 9.17) is 15.5 Å². The average Bonchev–Trinajstić information content (AvgIpc) is 3.18. The summed E-state index contributed by atoms with van der Waals surface area (Å²) in [6.07, 6.45) is 3.23. The van der Waals surface area contributed by atoms with Gasteiger partial charge in [-0.15, -0.1) is 0 Å². The Balaban J connectivity index is 1.50. The van der Waals surface area contributed by atoms with E-state index in [-0.39, 0.29) is 23.9 Å². The number of nitrogens with two attached hydrogens (primary N) is 1. The Morgan fingerprint density at radius 1 is 0.944 bits per heavy atom. The van der Waals surface area contributed by atoms with Crippen LogP contribution >= 0.6 is 0 Å². The zero-order valence-corrected chi connectivity index (χ0v) is 19.5. The van der Waals surface area contributed by atoms with Crippen molar-refractivity contribution in [1.29, 1.82) is 0 Å². The number of carbonyl (C=O) groups is 2. The number of nitrogens with zero attached hydrogens (tertiary/aromatic N) is 3. The molecule has 0 radical (unpaired) electrons. The number of benzene rings is 3. The monoisotopic (exact) mass is 477 g/mol. The van der Waals surface area contributed by atoms with Crippen LogP contribution in [0.5, 0.6) is 0 Å². The number of hydrogen-bond donors (Lipinski definition) is 2. The number of rotatable bonds is 6. The quantitative estimate of drug-likeness (QED) is 0.263. The predicted molar refractivity (Wildman–Crippen MR) is 141 cm³/mol. The van der Waals surface area contributed by atoms with Gasteiger partial charge in [-0.1, -0.05) is 42.5 Å². The van der Waals surface area contributed by atoms with Gasteiger partial charge in [0, 0.05) is 17.5 Å². The zero-order valence-electron chi connectivity index (χ0n) is 19.5. The Hall–Kier alpha value is -4.98. The van der Waals surface area contributed by atoms with Crippen molar-refractivity contribution in [2.75, 3.05) is 17.7 Å². The second-order valence-electron chi connectivity index (χ2n) is 7.98. The molecule has 0 aliphatic carbocycles. The summed E-state index contributed by atoms with van der Waals surface area (Å²) in [5.41, 5.74) is 11.0. The zero-order chi connectivity index (χ0) is 25.1. The Kier molecular flexibility index (Phi) is 6.15. The van der Waals surface area contributed by atoms with Gasteiger partial charge in [-0.05, 0) is 55.0 Å². The van der Waals surface area contributed by atoms with E-state index in [0.717, 1.165) is 5.56 Å². The number of ether oxygens (including phenoxy) is 1. The van der Waals surface area contributed by atoms with Gasteiger partial charge in [-0.25, -0.2) is 14.8 Å². The first-order valence-electron chi connectivity index (χ1n) is 11.4. The second-order valence-corrected chi connectivity index (χ2v) is 7.98. The number of esters is 1. The molecule has 8 heteroatoms. The highest BCUT2D eigenvalue weighted by Gasteiger charge is 2.25. The molecule has 1 amide bonds. The molecule has 178 valence electrons.